The molecular formula is C31H36N6O3. The molecule has 40 heavy (non-hydrogen) atoms. The molecule has 3 aromatic rings. The molecule has 3 aliphatic heterocycles. The third kappa shape index (κ3) is 4.92. The fraction of sp³-hybridized carbons (Fsp3) is 0.484. The van der Waals surface area contributed by atoms with E-state index in [1.54, 1.807) is 12.4 Å². The third-order valence-corrected chi connectivity index (χ3v) is 8.71. The Hall–Kier alpha value is -3.56. The summed E-state index contributed by atoms with van der Waals surface area (Å²) in [6.45, 7) is 4.36. The minimum absolute atomic E-state index is 0.0734. The fourth-order valence-corrected chi connectivity index (χ4v) is 6.64. The molecule has 2 atom stereocenters. The molecule has 1 saturated carbocycles. The number of hydrogen-bond acceptors (Lipinski definition) is 7. The second-order valence-electron chi connectivity index (χ2n) is 11.5. The summed E-state index contributed by atoms with van der Waals surface area (Å²) < 4.78 is 12.5. The van der Waals surface area contributed by atoms with Crippen LogP contribution in [-0.2, 0) is 15.9 Å². The van der Waals surface area contributed by atoms with Crippen LogP contribution in [0.25, 0.3) is 11.3 Å². The number of pyridine rings is 3. The van der Waals surface area contributed by atoms with Crippen LogP contribution in [0.1, 0.15) is 56.2 Å². The van der Waals surface area contributed by atoms with Crippen molar-refractivity contribution in [1.82, 2.24) is 15.0 Å². The molecule has 3 fully saturated rings. The number of aromatic nitrogens is 3. The maximum Gasteiger partial charge on any atom is 0.329 e. The second-order valence-corrected chi connectivity index (χ2v) is 11.5. The highest BCUT2D eigenvalue weighted by Crippen LogP contribution is 2.41. The average Bonchev–Trinajstić information content (AvgIpc) is 3.57. The number of ether oxygens (including phenoxy) is 2. The lowest BCUT2D eigenvalue weighted by atomic mass is 9.94. The zero-order valence-electron chi connectivity index (χ0n) is 23.0. The predicted molar refractivity (Wildman–Crippen MR) is 154 cm³/mol. The molecular weight excluding hydrogens is 504 g/mol. The van der Waals surface area contributed by atoms with Gasteiger partial charge in [-0.1, -0.05) is 6.42 Å². The molecule has 1 spiro atoms. The summed E-state index contributed by atoms with van der Waals surface area (Å²) >= 11 is 0. The zero-order chi connectivity index (χ0) is 27.1. The normalized spacial score (nSPS) is 22.9. The zero-order valence-corrected chi connectivity index (χ0v) is 23.0. The van der Waals surface area contributed by atoms with Crippen molar-refractivity contribution in [2.45, 2.75) is 76.2 Å². The van der Waals surface area contributed by atoms with Gasteiger partial charge in [0.15, 0.2) is 11.6 Å². The maximum atomic E-state index is 13.7. The minimum Gasteiger partial charge on any atom is -0.366 e. The molecule has 4 aliphatic rings. The molecule has 2 amide bonds. The Morgan fingerprint density at radius 3 is 2.85 bits per heavy atom. The number of rotatable bonds is 5. The Kier molecular flexibility index (Phi) is 6.64. The van der Waals surface area contributed by atoms with Crippen LogP contribution in [0.15, 0.2) is 48.8 Å². The molecule has 1 aliphatic carbocycles. The molecule has 2 saturated heterocycles. The van der Waals surface area contributed by atoms with Gasteiger partial charge in [-0.15, -0.1) is 0 Å². The Bertz CT molecular complexity index is 1410. The van der Waals surface area contributed by atoms with E-state index in [1.807, 2.05) is 42.2 Å². The van der Waals surface area contributed by atoms with Crippen molar-refractivity contribution < 1.29 is 14.3 Å². The lowest BCUT2D eigenvalue weighted by Crippen LogP contribution is -2.48. The summed E-state index contributed by atoms with van der Waals surface area (Å²) in [5.74, 6) is 0.910. The topological polar surface area (TPSA) is 92.7 Å². The highest BCUT2D eigenvalue weighted by atomic mass is 16.7. The van der Waals surface area contributed by atoms with Gasteiger partial charge in [-0.3, -0.25) is 15.2 Å². The van der Waals surface area contributed by atoms with Crippen LogP contribution in [-0.4, -0.2) is 58.6 Å². The summed E-state index contributed by atoms with van der Waals surface area (Å²) in [5.41, 5.74) is 4.87. The van der Waals surface area contributed by atoms with Crippen molar-refractivity contribution in [3.05, 3.63) is 60.0 Å². The first-order valence-corrected chi connectivity index (χ1v) is 14.6. The van der Waals surface area contributed by atoms with E-state index in [4.69, 9.17) is 14.5 Å². The number of amides is 2. The van der Waals surface area contributed by atoms with E-state index < -0.39 is 0 Å². The van der Waals surface area contributed by atoms with E-state index in [0.717, 1.165) is 73.4 Å². The van der Waals surface area contributed by atoms with Gasteiger partial charge in [0.2, 0.25) is 0 Å². The van der Waals surface area contributed by atoms with E-state index in [1.165, 1.54) is 19.3 Å². The Balaban J connectivity index is 1.06. The molecule has 7 rings (SSSR count). The van der Waals surface area contributed by atoms with E-state index in [2.05, 4.69) is 26.3 Å². The van der Waals surface area contributed by atoms with Gasteiger partial charge in [0.05, 0.1) is 30.1 Å². The van der Waals surface area contributed by atoms with Gasteiger partial charge in [-0.25, -0.2) is 14.8 Å². The Morgan fingerprint density at radius 2 is 1.98 bits per heavy atom. The largest absolute Gasteiger partial charge is 0.366 e. The summed E-state index contributed by atoms with van der Waals surface area (Å²) in [7, 11) is 0. The molecule has 9 nitrogen and oxygen atoms in total. The van der Waals surface area contributed by atoms with Crippen molar-refractivity contribution >= 4 is 23.4 Å². The molecule has 9 heteroatoms. The van der Waals surface area contributed by atoms with Gasteiger partial charge in [0.1, 0.15) is 5.82 Å². The molecule has 1 unspecified atom stereocenters. The van der Waals surface area contributed by atoms with Crippen molar-refractivity contribution in [3.8, 4) is 11.3 Å². The predicted octanol–water partition coefficient (Wildman–Crippen LogP) is 5.49. The summed E-state index contributed by atoms with van der Waals surface area (Å²) in [6, 6.07) is 11.9. The van der Waals surface area contributed by atoms with Gasteiger partial charge in [-0.2, -0.15) is 0 Å². The molecule has 3 aromatic heterocycles. The summed E-state index contributed by atoms with van der Waals surface area (Å²) in [4.78, 5) is 31.7. The summed E-state index contributed by atoms with van der Waals surface area (Å²) in [5, 5.41) is 3.07. The first kappa shape index (κ1) is 25.4. The van der Waals surface area contributed by atoms with Gasteiger partial charge in [0.25, 0.3) is 0 Å². The van der Waals surface area contributed by atoms with Crippen LogP contribution in [0.5, 0.6) is 0 Å². The minimum atomic E-state index is -0.342. The van der Waals surface area contributed by atoms with Crippen molar-refractivity contribution in [2.24, 2.45) is 0 Å². The van der Waals surface area contributed by atoms with E-state index in [9.17, 15) is 4.79 Å². The number of carbonyl (C=O) groups excluding carboxylic acids is 1. The van der Waals surface area contributed by atoms with Crippen LogP contribution < -0.4 is 15.1 Å². The van der Waals surface area contributed by atoms with E-state index >= 15 is 0 Å². The SMILES string of the molecule is Cc1cc(-c2ccc3c(n2)N(C(=O)Nc2cc(CCC4COC5(CCCCC5)O4)ccn2)[C@H]2CCN3C2)ccn1. The Morgan fingerprint density at radius 1 is 1.10 bits per heavy atom. The van der Waals surface area contributed by atoms with Crippen LogP contribution in [0, 0.1) is 6.92 Å². The number of aryl methyl sites for hydroxylation is 2. The highest BCUT2D eigenvalue weighted by Gasteiger charge is 2.42. The van der Waals surface area contributed by atoms with Gasteiger partial charge in [-0.05, 0) is 81.0 Å². The first-order valence-electron chi connectivity index (χ1n) is 14.6. The van der Waals surface area contributed by atoms with Crippen LogP contribution in [0.2, 0.25) is 0 Å². The van der Waals surface area contributed by atoms with Crippen LogP contribution >= 0.6 is 0 Å². The number of hydrogen-bond donors (Lipinski definition) is 1. The van der Waals surface area contributed by atoms with Crippen molar-refractivity contribution in [2.75, 3.05) is 34.8 Å². The van der Waals surface area contributed by atoms with Gasteiger partial charge < -0.3 is 14.4 Å². The smallest absolute Gasteiger partial charge is 0.329 e. The molecule has 0 aromatic carbocycles. The fourth-order valence-electron chi connectivity index (χ4n) is 6.64. The van der Waals surface area contributed by atoms with Crippen molar-refractivity contribution in [1.29, 1.82) is 0 Å². The van der Waals surface area contributed by atoms with Crippen molar-refractivity contribution in [3.63, 3.8) is 0 Å². The average molecular weight is 541 g/mol. The number of nitrogens with one attached hydrogen (secondary N) is 1. The number of carbonyl (C=O) groups is 1. The third-order valence-electron chi connectivity index (χ3n) is 8.71. The van der Waals surface area contributed by atoms with E-state index in [-0.39, 0.29) is 24.0 Å². The first-order chi connectivity index (χ1) is 19.6. The number of urea groups is 1. The number of fused-ring (bicyclic) bond motifs is 4. The monoisotopic (exact) mass is 540 g/mol. The lowest BCUT2D eigenvalue weighted by Gasteiger charge is -2.35. The lowest BCUT2D eigenvalue weighted by molar-refractivity contribution is -0.187. The summed E-state index contributed by atoms with van der Waals surface area (Å²) in [6.07, 6.45) is 12.0. The molecule has 2 bridgehead atoms. The van der Waals surface area contributed by atoms with Crippen LogP contribution in [0.4, 0.5) is 22.1 Å². The molecule has 208 valence electrons. The maximum absolute atomic E-state index is 13.7. The number of nitrogens with zero attached hydrogens (tertiary/aromatic N) is 5. The quantitative estimate of drug-likeness (QED) is 0.458. The highest BCUT2D eigenvalue weighted by molar-refractivity contribution is 6.04. The van der Waals surface area contributed by atoms with Crippen LogP contribution in [0.3, 0.4) is 0 Å². The second kappa shape index (κ2) is 10.4. The molecule has 1 N–H and O–H groups in total. The van der Waals surface area contributed by atoms with Gasteiger partial charge in [0, 0.05) is 49.6 Å². The van der Waals surface area contributed by atoms with E-state index in [0.29, 0.717) is 18.2 Å². The molecule has 0 radical (unpaired) electrons. The molecule has 6 heterocycles. The Labute approximate surface area is 234 Å². The number of anilines is 3. The standard InChI is InChI=1S/C31H36N6O3/c1-21-17-23(10-15-32-21)26-7-8-27-29(34-26)37(24-11-16-36(27)19-24)30(38)35-28-18-22(9-14-33-28)5-6-25-20-39-31(40-25)12-3-2-4-13-31/h7-10,14-15,17-18,24-25H,2-6,11-13,16,19-20H2,1H3,(H,33,35,38)/t24-,25?/m0/s1. The van der Waals surface area contributed by atoms with Gasteiger partial charge >= 0.3 is 6.03 Å².